The van der Waals surface area contributed by atoms with Gasteiger partial charge in [0.2, 0.25) is 0 Å². The average Bonchev–Trinajstić information content (AvgIpc) is 3.22. The number of hydrogen-bond acceptors (Lipinski definition) is 4. The lowest BCUT2D eigenvalue weighted by Gasteiger charge is -2.18. The number of nitrogens with one attached hydrogen (secondary N) is 1. The first-order chi connectivity index (χ1) is 13.0. The Labute approximate surface area is 162 Å². The second-order valence-corrected chi connectivity index (χ2v) is 6.90. The summed E-state index contributed by atoms with van der Waals surface area (Å²) in [4.78, 5) is 29.1. The zero-order valence-corrected chi connectivity index (χ0v) is 15.7. The highest BCUT2D eigenvalue weighted by Gasteiger charge is 2.26. The standard InChI is InChI=1S/C21H20ClFN2O2/c1-2-13(10-18(26)14-7-9-25-11-14)16-5-6-17(22)19(20(16)23)21(27)15-4-3-8-24-12-15/h3-8,12-13,25H,2,9-11H2,1H3/t13-/m1/s1. The maximum absolute atomic E-state index is 15.3. The first kappa shape index (κ1) is 19.4. The van der Waals surface area contributed by atoms with Crippen LogP contribution in [0.1, 0.15) is 47.2 Å². The highest BCUT2D eigenvalue weighted by molar-refractivity contribution is 6.35. The Balaban J connectivity index is 1.93. The Morgan fingerprint density at radius 2 is 2.15 bits per heavy atom. The van der Waals surface area contributed by atoms with Crippen LogP contribution >= 0.6 is 11.6 Å². The van der Waals surface area contributed by atoms with Gasteiger partial charge in [-0.1, -0.05) is 30.7 Å². The van der Waals surface area contributed by atoms with Crippen LogP contribution in [0, 0.1) is 5.82 Å². The number of carbonyl (C=O) groups is 2. The van der Waals surface area contributed by atoms with E-state index in [1.807, 2.05) is 13.0 Å². The Morgan fingerprint density at radius 3 is 2.78 bits per heavy atom. The molecule has 140 valence electrons. The van der Waals surface area contributed by atoms with E-state index in [9.17, 15) is 9.59 Å². The van der Waals surface area contributed by atoms with Crippen molar-refractivity contribution in [3.05, 3.63) is 75.8 Å². The topological polar surface area (TPSA) is 59.1 Å². The first-order valence-electron chi connectivity index (χ1n) is 8.88. The molecule has 3 rings (SSSR count). The Kier molecular flexibility index (Phi) is 6.14. The van der Waals surface area contributed by atoms with E-state index in [-0.39, 0.29) is 34.3 Å². The van der Waals surface area contributed by atoms with Gasteiger partial charge in [-0.05, 0) is 36.1 Å². The van der Waals surface area contributed by atoms with E-state index in [4.69, 9.17) is 11.6 Å². The van der Waals surface area contributed by atoms with Crippen LogP contribution in [0.5, 0.6) is 0 Å². The molecule has 0 aliphatic carbocycles. The van der Waals surface area contributed by atoms with Gasteiger partial charge in [0.25, 0.3) is 0 Å². The van der Waals surface area contributed by atoms with Gasteiger partial charge in [-0.3, -0.25) is 14.6 Å². The number of ketones is 2. The lowest BCUT2D eigenvalue weighted by molar-refractivity contribution is -0.115. The minimum atomic E-state index is -0.658. The predicted octanol–water partition coefficient (Wildman–Crippen LogP) is 4.09. The SMILES string of the molecule is CC[C@H](CC(=O)C1=CCNC1)c1ccc(Cl)c(C(=O)c2cccnc2)c1F. The second-order valence-electron chi connectivity index (χ2n) is 6.49. The maximum Gasteiger partial charge on any atom is 0.199 e. The molecule has 0 unspecified atom stereocenters. The molecule has 1 aliphatic heterocycles. The molecule has 2 heterocycles. The molecule has 0 radical (unpaired) electrons. The van der Waals surface area contributed by atoms with E-state index in [1.54, 1.807) is 18.2 Å². The Morgan fingerprint density at radius 1 is 1.33 bits per heavy atom. The monoisotopic (exact) mass is 386 g/mol. The van der Waals surface area contributed by atoms with Crippen molar-refractivity contribution in [2.75, 3.05) is 13.1 Å². The number of pyridine rings is 1. The zero-order valence-electron chi connectivity index (χ0n) is 15.0. The van der Waals surface area contributed by atoms with Gasteiger partial charge in [0, 0.05) is 43.0 Å². The second kappa shape index (κ2) is 8.55. The molecule has 0 amide bonds. The zero-order chi connectivity index (χ0) is 19.4. The molecule has 2 aromatic rings. The molecule has 1 aliphatic rings. The largest absolute Gasteiger partial charge is 0.309 e. The van der Waals surface area contributed by atoms with Crippen LogP contribution in [0.15, 0.2) is 48.3 Å². The van der Waals surface area contributed by atoms with Crippen molar-refractivity contribution in [3.8, 4) is 0 Å². The fourth-order valence-electron chi connectivity index (χ4n) is 3.25. The number of nitrogens with zero attached hydrogens (tertiary/aromatic N) is 1. The van der Waals surface area contributed by atoms with Crippen LogP contribution in [-0.4, -0.2) is 29.6 Å². The molecule has 1 aromatic carbocycles. The number of rotatable bonds is 7. The third-order valence-corrected chi connectivity index (χ3v) is 5.12. The van der Waals surface area contributed by atoms with Crippen LogP contribution < -0.4 is 5.32 Å². The van der Waals surface area contributed by atoms with E-state index in [0.717, 1.165) is 5.57 Å². The number of halogens is 2. The van der Waals surface area contributed by atoms with Gasteiger partial charge >= 0.3 is 0 Å². The quantitative estimate of drug-likeness (QED) is 0.728. The van der Waals surface area contributed by atoms with E-state index in [1.165, 1.54) is 18.5 Å². The summed E-state index contributed by atoms with van der Waals surface area (Å²) in [6.07, 6.45) is 5.56. The summed E-state index contributed by atoms with van der Waals surface area (Å²) in [7, 11) is 0. The molecule has 27 heavy (non-hydrogen) atoms. The maximum atomic E-state index is 15.3. The molecule has 0 saturated carbocycles. The van der Waals surface area contributed by atoms with Crippen molar-refractivity contribution < 1.29 is 14.0 Å². The third kappa shape index (κ3) is 4.15. The predicted molar refractivity (Wildman–Crippen MR) is 103 cm³/mol. The molecule has 4 nitrogen and oxygen atoms in total. The fourth-order valence-corrected chi connectivity index (χ4v) is 3.48. The van der Waals surface area contributed by atoms with Crippen LogP contribution in [0.2, 0.25) is 5.02 Å². The van der Waals surface area contributed by atoms with Gasteiger partial charge in [0.15, 0.2) is 11.6 Å². The van der Waals surface area contributed by atoms with Gasteiger partial charge in [-0.25, -0.2) is 4.39 Å². The molecular weight excluding hydrogens is 367 g/mol. The van der Waals surface area contributed by atoms with E-state index < -0.39 is 11.6 Å². The molecular formula is C21H20ClFN2O2. The van der Waals surface area contributed by atoms with Gasteiger partial charge in [-0.2, -0.15) is 0 Å². The highest BCUT2D eigenvalue weighted by atomic mass is 35.5. The van der Waals surface area contributed by atoms with Crippen molar-refractivity contribution >= 4 is 23.2 Å². The summed E-state index contributed by atoms with van der Waals surface area (Å²) >= 11 is 6.14. The van der Waals surface area contributed by atoms with Crippen molar-refractivity contribution in [3.63, 3.8) is 0 Å². The van der Waals surface area contributed by atoms with E-state index in [2.05, 4.69) is 10.3 Å². The molecule has 0 bridgehead atoms. The average molecular weight is 387 g/mol. The number of Topliss-reactive ketones (excluding diaryl/α,β-unsaturated/α-hetero) is 1. The Hall–Kier alpha value is -2.37. The minimum Gasteiger partial charge on any atom is -0.309 e. The Bertz CT molecular complexity index is 897. The number of hydrogen-bond donors (Lipinski definition) is 1. The smallest absolute Gasteiger partial charge is 0.199 e. The van der Waals surface area contributed by atoms with Crippen LogP contribution in [0.3, 0.4) is 0 Å². The van der Waals surface area contributed by atoms with Crippen LogP contribution in [-0.2, 0) is 4.79 Å². The number of aromatic nitrogens is 1. The molecule has 0 fully saturated rings. The molecule has 1 atom stereocenters. The van der Waals surface area contributed by atoms with Gasteiger partial charge in [-0.15, -0.1) is 0 Å². The summed E-state index contributed by atoms with van der Waals surface area (Å²) in [6.45, 7) is 3.12. The van der Waals surface area contributed by atoms with Gasteiger partial charge < -0.3 is 5.32 Å². The summed E-state index contributed by atoms with van der Waals surface area (Å²) in [5.74, 6) is -1.50. The van der Waals surface area contributed by atoms with E-state index >= 15 is 4.39 Å². The molecule has 6 heteroatoms. The lowest BCUT2D eigenvalue weighted by atomic mass is 9.87. The van der Waals surface area contributed by atoms with Crippen LogP contribution in [0.25, 0.3) is 0 Å². The normalized spacial score (nSPS) is 14.7. The molecule has 0 spiro atoms. The van der Waals surface area contributed by atoms with Gasteiger partial charge in [0.05, 0.1) is 10.6 Å². The van der Waals surface area contributed by atoms with Crippen molar-refractivity contribution in [2.24, 2.45) is 0 Å². The lowest BCUT2D eigenvalue weighted by Crippen LogP contribution is -2.16. The minimum absolute atomic E-state index is 0.00124. The van der Waals surface area contributed by atoms with Gasteiger partial charge in [0.1, 0.15) is 5.82 Å². The highest BCUT2D eigenvalue weighted by Crippen LogP contribution is 2.33. The van der Waals surface area contributed by atoms with Crippen molar-refractivity contribution in [1.82, 2.24) is 10.3 Å². The van der Waals surface area contributed by atoms with Crippen LogP contribution in [0.4, 0.5) is 4.39 Å². The molecule has 1 N–H and O–H groups in total. The van der Waals surface area contributed by atoms with E-state index in [0.29, 0.717) is 25.1 Å². The summed E-state index contributed by atoms with van der Waals surface area (Å²) in [6, 6.07) is 6.27. The van der Waals surface area contributed by atoms with Crippen molar-refractivity contribution in [1.29, 1.82) is 0 Å². The summed E-state index contributed by atoms with van der Waals surface area (Å²) < 4.78 is 15.3. The first-order valence-corrected chi connectivity index (χ1v) is 9.26. The molecule has 0 saturated heterocycles. The fraction of sp³-hybridized carbons (Fsp3) is 0.286. The van der Waals surface area contributed by atoms with Crippen molar-refractivity contribution in [2.45, 2.75) is 25.7 Å². The summed E-state index contributed by atoms with van der Waals surface area (Å²) in [5.41, 5.74) is 1.17. The number of carbonyl (C=O) groups excluding carboxylic acids is 2. The molecule has 1 aromatic heterocycles. The third-order valence-electron chi connectivity index (χ3n) is 4.80. The summed E-state index contributed by atoms with van der Waals surface area (Å²) in [5, 5.41) is 3.14. The number of benzene rings is 1.